The number of phenolic OH excluding ortho intramolecular Hbond substituents is 2. The molecule has 0 unspecified atom stereocenters. The smallest absolute Gasteiger partial charge is 0.224 e. The summed E-state index contributed by atoms with van der Waals surface area (Å²) >= 11 is 0. The number of nitrogens with one attached hydrogen (secondary N) is 2. The van der Waals surface area contributed by atoms with E-state index in [2.05, 4.69) is 107 Å². The van der Waals surface area contributed by atoms with Crippen LogP contribution in [0.4, 0.5) is 11.4 Å². The molecule has 0 saturated carbocycles. The number of amides is 2. The maximum absolute atomic E-state index is 13.6. The van der Waals surface area contributed by atoms with Crippen molar-refractivity contribution in [2.24, 2.45) is 0 Å². The third-order valence-corrected chi connectivity index (χ3v) is 12.2. The molecular weight excluding hydrogens is 793 g/mol. The van der Waals surface area contributed by atoms with E-state index in [1.165, 1.54) is 38.5 Å². The fourth-order valence-corrected chi connectivity index (χ4v) is 8.23. The van der Waals surface area contributed by atoms with Gasteiger partial charge in [0.2, 0.25) is 11.8 Å². The SMILES string of the molecule is CCCCCCCCCCOc1cc(-c2ccc(NC(=O)CCc3cc(C(C)(C)C)c(O)c(C(C)(C)C)c3)c(C)c2)ccc1NC(=O)CCc1cc(C(C)(C)C)c(O)c(C(C)(C)C)c1. The molecule has 350 valence electrons. The molecule has 0 heterocycles. The lowest BCUT2D eigenvalue weighted by Crippen LogP contribution is -2.18. The van der Waals surface area contributed by atoms with E-state index in [-0.39, 0.29) is 39.9 Å². The Bertz CT molecular complexity index is 2140. The van der Waals surface area contributed by atoms with Gasteiger partial charge in [-0.05, 0) is 122 Å². The molecule has 4 aromatic carbocycles. The number of ether oxygens (including phenoxy) is 1. The van der Waals surface area contributed by atoms with E-state index in [1.807, 2.05) is 61.5 Å². The number of carbonyl (C=O) groups is 2. The molecule has 0 radical (unpaired) electrons. The van der Waals surface area contributed by atoms with Gasteiger partial charge in [0.05, 0.1) is 12.3 Å². The van der Waals surface area contributed by atoms with E-state index in [0.717, 1.165) is 68.6 Å². The zero-order valence-electron chi connectivity index (χ0n) is 42.1. The van der Waals surface area contributed by atoms with E-state index < -0.39 is 0 Å². The number of phenols is 2. The largest absolute Gasteiger partial charge is 0.507 e. The van der Waals surface area contributed by atoms with Crippen LogP contribution in [0.1, 0.15) is 193 Å². The van der Waals surface area contributed by atoms with Gasteiger partial charge in [-0.2, -0.15) is 0 Å². The molecule has 2 amide bonds. The van der Waals surface area contributed by atoms with Crippen molar-refractivity contribution < 1.29 is 24.5 Å². The third-order valence-electron chi connectivity index (χ3n) is 12.2. The van der Waals surface area contributed by atoms with Gasteiger partial charge in [0.15, 0.2) is 0 Å². The topological polar surface area (TPSA) is 108 Å². The summed E-state index contributed by atoms with van der Waals surface area (Å²) in [5, 5.41) is 28.7. The van der Waals surface area contributed by atoms with E-state index in [4.69, 9.17) is 4.74 Å². The lowest BCUT2D eigenvalue weighted by Gasteiger charge is -2.28. The number of benzene rings is 4. The molecular formula is C57H82N2O5. The molecule has 4 N–H and O–H groups in total. The number of anilines is 2. The Morgan fingerprint density at radius 3 is 1.30 bits per heavy atom. The average molecular weight is 875 g/mol. The van der Waals surface area contributed by atoms with Crippen LogP contribution >= 0.6 is 0 Å². The Morgan fingerprint density at radius 1 is 0.516 bits per heavy atom. The molecule has 4 aromatic rings. The minimum Gasteiger partial charge on any atom is -0.507 e. The molecule has 0 aromatic heterocycles. The van der Waals surface area contributed by atoms with Gasteiger partial charge >= 0.3 is 0 Å². The normalized spacial score (nSPS) is 12.3. The van der Waals surface area contributed by atoms with E-state index in [0.29, 0.717) is 48.8 Å². The number of hydrogen-bond donors (Lipinski definition) is 4. The lowest BCUT2D eigenvalue weighted by atomic mass is 9.78. The molecule has 0 spiro atoms. The van der Waals surface area contributed by atoms with Gasteiger partial charge in [-0.3, -0.25) is 9.59 Å². The molecule has 7 heteroatoms. The predicted molar refractivity (Wildman–Crippen MR) is 270 cm³/mol. The first-order valence-corrected chi connectivity index (χ1v) is 24.0. The van der Waals surface area contributed by atoms with E-state index >= 15 is 0 Å². The van der Waals surface area contributed by atoms with Gasteiger partial charge in [0.1, 0.15) is 17.2 Å². The van der Waals surface area contributed by atoms with Crippen LogP contribution in [0, 0.1) is 6.92 Å². The van der Waals surface area contributed by atoms with Crippen LogP contribution in [0.15, 0.2) is 60.7 Å². The first-order chi connectivity index (χ1) is 29.8. The van der Waals surface area contributed by atoms with Crippen LogP contribution < -0.4 is 15.4 Å². The highest BCUT2D eigenvalue weighted by molar-refractivity contribution is 5.94. The highest BCUT2D eigenvalue weighted by atomic mass is 16.5. The van der Waals surface area contributed by atoms with Crippen LogP contribution in [0.3, 0.4) is 0 Å². The standard InChI is InChI=1S/C57H82N2O5/c1-15-16-17-18-19-20-21-22-31-64-49-37-42(26-28-48(49)59-51(61)30-24-40-35-45(56(9,10)11)53(63)46(36-40)57(12,13)14)41-25-27-47(38(2)32-41)58-50(60)29-23-39-33-43(54(3,4)5)52(62)44(34-39)55(6,7)8/h25-28,32-37,62-63H,15-24,29-31H2,1-14H3,(H,58,60)(H,59,61). The minimum absolute atomic E-state index is 0.0648. The van der Waals surface area contributed by atoms with Gasteiger partial charge in [-0.1, -0.05) is 171 Å². The van der Waals surface area contributed by atoms with Crippen LogP contribution in [-0.4, -0.2) is 28.6 Å². The minimum atomic E-state index is -0.248. The van der Waals surface area contributed by atoms with Crippen molar-refractivity contribution in [2.75, 3.05) is 17.2 Å². The van der Waals surface area contributed by atoms with Crippen molar-refractivity contribution in [3.8, 4) is 28.4 Å². The van der Waals surface area contributed by atoms with Gasteiger partial charge in [0.25, 0.3) is 0 Å². The maximum atomic E-state index is 13.6. The number of unbranched alkanes of at least 4 members (excludes halogenated alkanes) is 7. The van der Waals surface area contributed by atoms with Crippen molar-refractivity contribution in [3.05, 3.63) is 99.6 Å². The fourth-order valence-electron chi connectivity index (χ4n) is 8.23. The quantitative estimate of drug-likeness (QED) is 0.0702. The molecule has 7 nitrogen and oxygen atoms in total. The molecule has 0 bridgehead atoms. The number of rotatable bonds is 19. The van der Waals surface area contributed by atoms with E-state index in [1.54, 1.807) is 0 Å². The molecule has 64 heavy (non-hydrogen) atoms. The van der Waals surface area contributed by atoms with Crippen molar-refractivity contribution in [1.29, 1.82) is 0 Å². The third kappa shape index (κ3) is 14.9. The first kappa shape index (κ1) is 51.9. The highest BCUT2D eigenvalue weighted by Gasteiger charge is 2.28. The summed E-state index contributed by atoms with van der Waals surface area (Å²) in [7, 11) is 0. The van der Waals surface area contributed by atoms with Crippen LogP contribution in [0.5, 0.6) is 17.2 Å². The summed E-state index contributed by atoms with van der Waals surface area (Å²) in [4.78, 5) is 27.0. The summed E-state index contributed by atoms with van der Waals surface area (Å²) < 4.78 is 6.44. The Balaban J connectivity index is 1.50. The molecule has 0 fully saturated rings. The van der Waals surface area contributed by atoms with Crippen LogP contribution in [0.25, 0.3) is 11.1 Å². The fraction of sp³-hybridized carbons (Fsp3) is 0.544. The van der Waals surface area contributed by atoms with Crippen molar-refractivity contribution in [2.45, 2.75) is 196 Å². The molecule has 0 saturated heterocycles. The number of carbonyl (C=O) groups excluding carboxylic acids is 2. The van der Waals surface area contributed by atoms with Crippen molar-refractivity contribution in [1.82, 2.24) is 0 Å². The second-order valence-electron chi connectivity index (χ2n) is 22.2. The second-order valence-corrected chi connectivity index (χ2v) is 22.2. The molecule has 0 aliphatic rings. The zero-order valence-corrected chi connectivity index (χ0v) is 42.1. The zero-order chi connectivity index (χ0) is 47.6. The number of aryl methyl sites for hydroxylation is 3. The Kier molecular flexibility index (Phi) is 17.8. The summed E-state index contributed by atoms with van der Waals surface area (Å²) in [6, 6.07) is 20.2. The van der Waals surface area contributed by atoms with Crippen molar-refractivity contribution >= 4 is 23.2 Å². The maximum Gasteiger partial charge on any atom is 0.224 e. The lowest BCUT2D eigenvalue weighted by molar-refractivity contribution is -0.117. The van der Waals surface area contributed by atoms with Gasteiger partial charge < -0.3 is 25.6 Å². The van der Waals surface area contributed by atoms with Crippen molar-refractivity contribution in [3.63, 3.8) is 0 Å². The number of aromatic hydroxyl groups is 2. The van der Waals surface area contributed by atoms with Gasteiger partial charge in [-0.15, -0.1) is 0 Å². The first-order valence-electron chi connectivity index (χ1n) is 24.0. The monoisotopic (exact) mass is 875 g/mol. The number of hydrogen-bond acceptors (Lipinski definition) is 5. The summed E-state index contributed by atoms with van der Waals surface area (Å²) in [6.45, 7) is 30.0. The predicted octanol–water partition coefficient (Wildman–Crippen LogP) is 14.9. The summed E-state index contributed by atoms with van der Waals surface area (Å²) in [6.07, 6.45) is 11.3. The Labute approximate surface area is 387 Å². The van der Waals surface area contributed by atoms with Crippen LogP contribution in [0.2, 0.25) is 0 Å². The second kappa shape index (κ2) is 21.9. The Morgan fingerprint density at radius 2 is 0.891 bits per heavy atom. The van der Waals surface area contributed by atoms with Gasteiger partial charge in [0, 0.05) is 18.5 Å². The average Bonchev–Trinajstić information content (AvgIpc) is 3.18. The summed E-state index contributed by atoms with van der Waals surface area (Å²) in [5.74, 6) is 1.16. The molecule has 0 atom stereocenters. The van der Waals surface area contributed by atoms with E-state index in [9.17, 15) is 19.8 Å². The van der Waals surface area contributed by atoms with Crippen LogP contribution in [-0.2, 0) is 44.1 Å². The highest BCUT2D eigenvalue weighted by Crippen LogP contribution is 2.42. The Hall–Kier alpha value is -4.78. The molecule has 4 rings (SSSR count). The molecule has 0 aliphatic heterocycles. The summed E-state index contributed by atoms with van der Waals surface area (Å²) in [5.41, 5.74) is 8.96. The molecule has 0 aliphatic carbocycles. The van der Waals surface area contributed by atoms with Gasteiger partial charge in [-0.25, -0.2) is 0 Å².